The van der Waals surface area contributed by atoms with E-state index < -0.39 is 0 Å². The maximum Gasteiger partial charge on any atom is 0.251 e. The number of guanidine groups is 1. The topological polar surface area (TPSA) is 107 Å². The van der Waals surface area contributed by atoms with Crippen LogP contribution in [0, 0.1) is 0 Å². The van der Waals surface area contributed by atoms with Crippen molar-refractivity contribution in [1.82, 2.24) is 15.2 Å². The van der Waals surface area contributed by atoms with Crippen LogP contribution in [0.5, 0.6) is 5.75 Å². The number of hydrogen-bond donors (Lipinski definition) is 3. The minimum absolute atomic E-state index is 0. The van der Waals surface area contributed by atoms with E-state index in [0.29, 0.717) is 24.6 Å². The lowest BCUT2D eigenvalue weighted by atomic mass is 10.2. The molecule has 4 N–H and O–H groups in total. The van der Waals surface area contributed by atoms with E-state index in [2.05, 4.69) is 20.2 Å². The molecule has 0 radical (unpaired) electrons. The lowest BCUT2D eigenvalue weighted by molar-refractivity contribution is 0.0955. The Morgan fingerprint density at radius 2 is 1.96 bits per heavy atom. The van der Waals surface area contributed by atoms with Gasteiger partial charge < -0.3 is 26.0 Å². The minimum atomic E-state index is -0.198. The van der Waals surface area contributed by atoms with E-state index in [0.717, 1.165) is 31.3 Å². The predicted octanol–water partition coefficient (Wildman–Crippen LogP) is 1.33. The summed E-state index contributed by atoms with van der Waals surface area (Å²) >= 11 is 1.64. The quantitative estimate of drug-likeness (QED) is 0.247. The van der Waals surface area contributed by atoms with Gasteiger partial charge >= 0.3 is 0 Å². The Bertz CT molecular complexity index is 745. The zero-order chi connectivity index (χ0) is 18.4. The molecule has 2 aromatic rings. The van der Waals surface area contributed by atoms with Crippen molar-refractivity contribution in [2.24, 2.45) is 10.7 Å². The summed E-state index contributed by atoms with van der Waals surface area (Å²) in [5.41, 5.74) is 6.56. The van der Waals surface area contributed by atoms with E-state index in [4.69, 9.17) is 5.73 Å². The number of carbonyl (C=O) groups excluding carboxylic acids is 1. The van der Waals surface area contributed by atoms with Crippen molar-refractivity contribution in [2.75, 3.05) is 44.2 Å². The molecule has 3 rings (SSSR count). The molecule has 1 aromatic carbocycles. The van der Waals surface area contributed by atoms with Gasteiger partial charge in [-0.05, 0) is 24.3 Å². The number of amides is 1. The van der Waals surface area contributed by atoms with E-state index in [1.165, 1.54) is 12.1 Å². The van der Waals surface area contributed by atoms with Gasteiger partial charge in [-0.25, -0.2) is 4.98 Å². The lowest BCUT2D eigenvalue weighted by Crippen LogP contribution is -2.51. The molecular formula is C17H23IN6O2S. The zero-order valence-corrected chi connectivity index (χ0v) is 17.9. The maximum atomic E-state index is 12.0. The molecule has 1 aliphatic rings. The summed E-state index contributed by atoms with van der Waals surface area (Å²) in [6.07, 6.45) is 1.81. The fourth-order valence-electron chi connectivity index (χ4n) is 2.65. The van der Waals surface area contributed by atoms with E-state index >= 15 is 0 Å². The highest BCUT2D eigenvalue weighted by atomic mass is 127. The number of phenols is 1. The monoisotopic (exact) mass is 502 g/mol. The van der Waals surface area contributed by atoms with E-state index in [9.17, 15) is 9.90 Å². The van der Waals surface area contributed by atoms with Gasteiger partial charge in [-0.1, -0.05) is 0 Å². The van der Waals surface area contributed by atoms with Crippen LogP contribution < -0.4 is 16.0 Å². The fourth-order valence-corrected chi connectivity index (χ4v) is 3.35. The third-order valence-corrected chi connectivity index (χ3v) is 4.93. The standard InChI is InChI=1S/C17H22N6O2S.HI/c18-16(22-8-10-23(11-9-22)17-21-7-12-26-17)20-6-5-19-15(25)13-1-3-14(24)4-2-13;/h1-4,7,12,24H,5-6,8-11H2,(H2,18,20)(H,19,25);1H. The average Bonchev–Trinajstić information content (AvgIpc) is 3.20. The molecule has 0 atom stereocenters. The molecule has 2 heterocycles. The maximum absolute atomic E-state index is 12.0. The highest BCUT2D eigenvalue weighted by Crippen LogP contribution is 2.18. The van der Waals surface area contributed by atoms with Crippen molar-refractivity contribution in [1.29, 1.82) is 0 Å². The smallest absolute Gasteiger partial charge is 0.251 e. The van der Waals surface area contributed by atoms with Crippen LogP contribution in [0.3, 0.4) is 0 Å². The number of piperazine rings is 1. The number of nitrogens with two attached hydrogens (primary N) is 1. The molecule has 0 bridgehead atoms. The fraction of sp³-hybridized carbons (Fsp3) is 0.353. The van der Waals surface area contributed by atoms with E-state index in [1.54, 1.807) is 23.5 Å². The molecule has 1 amide bonds. The average molecular weight is 502 g/mol. The summed E-state index contributed by atoms with van der Waals surface area (Å²) < 4.78 is 0. The van der Waals surface area contributed by atoms with Crippen LogP contribution in [0.2, 0.25) is 0 Å². The number of hydrogen-bond acceptors (Lipinski definition) is 6. The molecule has 1 aromatic heterocycles. The number of benzene rings is 1. The van der Waals surface area contributed by atoms with Crippen molar-refractivity contribution in [2.45, 2.75) is 0 Å². The number of nitrogens with zero attached hydrogens (tertiary/aromatic N) is 4. The third-order valence-electron chi connectivity index (χ3n) is 4.09. The molecule has 1 fully saturated rings. The third kappa shape index (κ3) is 5.96. The van der Waals surface area contributed by atoms with Crippen LogP contribution in [-0.2, 0) is 0 Å². The summed E-state index contributed by atoms with van der Waals surface area (Å²) in [4.78, 5) is 24.9. The first-order chi connectivity index (χ1) is 12.6. The molecule has 0 aliphatic carbocycles. The minimum Gasteiger partial charge on any atom is -0.508 e. The number of aromatic nitrogens is 1. The Hall–Kier alpha value is -2.08. The molecule has 10 heteroatoms. The van der Waals surface area contributed by atoms with Gasteiger partial charge in [0.25, 0.3) is 5.91 Å². The van der Waals surface area contributed by atoms with Crippen LogP contribution in [0.15, 0.2) is 40.8 Å². The number of nitrogens with one attached hydrogen (secondary N) is 1. The number of halogens is 1. The van der Waals surface area contributed by atoms with Crippen molar-refractivity contribution >= 4 is 52.3 Å². The van der Waals surface area contributed by atoms with Gasteiger partial charge in [-0.2, -0.15) is 0 Å². The predicted molar refractivity (Wildman–Crippen MR) is 118 cm³/mol. The Morgan fingerprint density at radius 3 is 2.59 bits per heavy atom. The Morgan fingerprint density at radius 1 is 1.26 bits per heavy atom. The number of rotatable bonds is 5. The first-order valence-corrected chi connectivity index (χ1v) is 9.28. The van der Waals surface area contributed by atoms with Crippen LogP contribution in [0.1, 0.15) is 10.4 Å². The highest BCUT2D eigenvalue weighted by molar-refractivity contribution is 14.0. The highest BCUT2D eigenvalue weighted by Gasteiger charge is 2.19. The number of thiazole rings is 1. The van der Waals surface area contributed by atoms with Gasteiger partial charge in [0, 0.05) is 49.9 Å². The van der Waals surface area contributed by atoms with Crippen molar-refractivity contribution in [3.63, 3.8) is 0 Å². The summed E-state index contributed by atoms with van der Waals surface area (Å²) in [5.74, 6) is 0.437. The Labute approximate surface area is 179 Å². The second-order valence-corrected chi connectivity index (χ2v) is 6.70. The molecule has 0 unspecified atom stereocenters. The number of carbonyl (C=O) groups is 1. The van der Waals surface area contributed by atoms with Gasteiger partial charge in [0.1, 0.15) is 5.75 Å². The summed E-state index contributed by atoms with van der Waals surface area (Å²) in [6, 6.07) is 6.11. The molecule has 146 valence electrons. The molecule has 0 spiro atoms. The SMILES string of the molecule is I.NC(=NCCNC(=O)c1ccc(O)cc1)N1CCN(c2nccs2)CC1. The van der Waals surface area contributed by atoms with Crippen molar-refractivity contribution in [3.8, 4) is 5.75 Å². The molecule has 1 aliphatic heterocycles. The summed E-state index contributed by atoms with van der Waals surface area (Å²) in [6.45, 7) is 4.15. The number of anilines is 1. The van der Waals surface area contributed by atoms with Crippen LogP contribution in [0.4, 0.5) is 5.13 Å². The van der Waals surface area contributed by atoms with Gasteiger partial charge in [-0.3, -0.25) is 9.79 Å². The summed E-state index contributed by atoms with van der Waals surface area (Å²) in [5, 5.41) is 15.0. The van der Waals surface area contributed by atoms with Crippen molar-refractivity contribution < 1.29 is 9.90 Å². The number of phenolic OH excluding ortho intramolecular Hbond substituents is 1. The number of aromatic hydroxyl groups is 1. The second-order valence-electron chi connectivity index (χ2n) is 5.83. The molecular weight excluding hydrogens is 479 g/mol. The van der Waals surface area contributed by atoms with Gasteiger partial charge in [0.15, 0.2) is 11.1 Å². The first kappa shape index (κ1) is 21.2. The second kappa shape index (κ2) is 10.3. The van der Waals surface area contributed by atoms with Gasteiger partial charge in [0.05, 0.1) is 6.54 Å². The Balaban J connectivity index is 0.00000261. The van der Waals surface area contributed by atoms with Gasteiger partial charge in [0.2, 0.25) is 0 Å². The molecule has 27 heavy (non-hydrogen) atoms. The normalized spacial score (nSPS) is 14.6. The largest absolute Gasteiger partial charge is 0.508 e. The first-order valence-electron chi connectivity index (χ1n) is 8.40. The van der Waals surface area contributed by atoms with E-state index in [-0.39, 0.29) is 35.6 Å². The lowest BCUT2D eigenvalue weighted by Gasteiger charge is -2.35. The molecule has 8 nitrogen and oxygen atoms in total. The van der Waals surface area contributed by atoms with Crippen LogP contribution in [-0.4, -0.2) is 66.1 Å². The summed E-state index contributed by atoms with van der Waals surface area (Å²) in [7, 11) is 0. The Kier molecular flexibility index (Phi) is 8.10. The van der Waals surface area contributed by atoms with Crippen molar-refractivity contribution in [3.05, 3.63) is 41.4 Å². The molecule has 0 saturated carbocycles. The number of aliphatic imine (C=N–C) groups is 1. The van der Waals surface area contributed by atoms with E-state index in [1.807, 2.05) is 16.5 Å². The van der Waals surface area contributed by atoms with Crippen LogP contribution >= 0.6 is 35.3 Å². The van der Waals surface area contributed by atoms with Crippen LogP contribution in [0.25, 0.3) is 0 Å². The van der Waals surface area contributed by atoms with Gasteiger partial charge in [-0.15, -0.1) is 35.3 Å². The zero-order valence-electron chi connectivity index (χ0n) is 14.7. The molecule has 1 saturated heterocycles.